The number of halogens is 1. The van der Waals surface area contributed by atoms with Crippen LogP contribution in [0.4, 0.5) is 10.5 Å². The van der Waals surface area contributed by atoms with Crippen LogP contribution in [0.5, 0.6) is 0 Å². The van der Waals surface area contributed by atoms with Crippen LogP contribution in [0.1, 0.15) is 18.4 Å². The predicted molar refractivity (Wildman–Crippen MR) is 108 cm³/mol. The summed E-state index contributed by atoms with van der Waals surface area (Å²) >= 11 is 5.97. The molecule has 0 aliphatic carbocycles. The van der Waals surface area contributed by atoms with Gasteiger partial charge in [0, 0.05) is 36.3 Å². The topological polar surface area (TPSA) is 61.4 Å². The Bertz CT molecular complexity index is 774. The molecule has 0 atom stereocenters. The van der Waals surface area contributed by atoms with E-state index in [0.717, 1.165) is 17.7 Å². The van der Waals surface area contributed by atoms with Crippen molar-refractivity contribution in [2.75, 3.05) is 25.0 Å². The highest BCUT2D eigenvalue weighted by Crippen LogP contribution is 2.19. The smallest absolute Gasteiger partial charge is 0.321 e. The minimum atomic E-state index is -0.110. The van der Waals surface area contributed by atoms with Gasteiger partial charge in [0.25, 0.3) is 0 Å². The van der Waals surface area contributed by atoms with Gasteiger partial charge in [-0.2, -0.15) is 0 Å². The monoisotopic (exact) mass is 385 g/mol. The summed E-state index contributed by atoms with van der Waals surface area (Å²) in [5.41, 5.74) is 1.89. The fourth-order valence-corrected chi connectivity index (χ4v) is 3.45. The molecule has 27 heavy (non-hydrogen) atoms. The molecular formula is C21H24ClN3O2. The Kier molecular flexibility index (Phi) is 6.71. The van der Waals surface area contributed by atoms with Gasteiger partial charge >= 0.3 is 6.03 Å². The molecule has 1 heterocycles. The first-order valence-electron chi connectivity index (χ1n) is 9.25. The summed E-state index contributed by atoms with van der Waals surface area (Å²) in [7, 11) is 0. The maximum absolute atomic E-state index is 12.4. The molecular weight excluding hydrogens is 362 g/mol. The van der Waals surface area contributed by atoms with Crippen LogP contribution in [0.25, 0.3) is 0 Å². The number of carbonyl (C=O) groups is 2. The molecule has 0 bridgehead atoms. The zero-order valence-electron chi connectivity index (χ0n) is 15.2. The largest absolute Gasteiger partial charge is 0.356 e. The molecule has 1 aliphatic rings. The average molecular weight is 386 g/mol. The molecule has 0 radical (unpaired) electrons. The molecule has 0 unspecified atom stereocenters. The lowest BCUT2D eigenvalue weighted by Crippen LogP contribution is -2.44. The number of carbonyl (C=O) groups excluding carboxylic acids is 2. The number of nitrogens with zero attached hydrogens (tertiary/aromatic N) is 1. The van der Waals surface area contributed by atoms with Crippen LogP contribution < -0.4 is 10.6 Å². The van der Waals surface area contributed by atoms with E-state index in [1.165, 1.54) is 0 Å². The van der Waals surface area contributed by atoms with E-state index in [2.05, 4.69) is 10.6 Å². The summed E-state index contributed by atoms with van der Waals surface area (Å²) in [6, 6.07) is 17.0. The second-order valence-electron chi connectivity index (χ2n) is 6.73. The van der Waals surface area contributed by atoms with Gasteiger partial charge < -0.3 is 15.5 Å². The summed E-state index contributed by atoms with van der Waals surface area (Å²) in [6.45, 7) is 1.77. The number of urea groups is 1. The zero-order chi connectivity index (χ0) is 19.1. The number of benzene rings is 2. The molecule has 2 aromatic rings. The summed E-state index contributed by atoms with van der Waals surface area (Å²) in [4.78, 5) is 26.4. The Labute approximate surface area is 164 Å². The van der Waals surface area contributed by atoms with E-state index in [9.17, 15) is 9.59 Å². The molecule has 1 fully saturated rings. The van der Waals surface area contributed by atoms with Crippen molar-refractivity contribution < 1.29 is 9.59 Å². The van der Waals surface area contributed by atoms with Gasteiger partial charge in [0.2, 0.25) is 5.91 Å². The first-order valence-corrected chi connectivity index (χ1v) is 9.63. The van der Waals surface area contributed by atoms with E-state index < -0.39 is 0 Å². The first kappa shape index (κ1) is 19.2. The second kappa shape index (κ2) is 9.42. The SMILES string of the molecule is O=C(NCCc1cccc(Cl)c1)C1CCN(C(=O)Nc2ccccc2)CC1. The van der Waals surface area contributed by atoms with Crippen molar-refractivity contribution in [2.45, 2.75) is 19.3 Å². The van der Waals surface area contributed by atoms with Crippen molar-refractivity contribution in [2.24, 2.45) is 5.92 Å². The molecule has 3 amide bonds. The van der Waals surface area contributed by atoms with Crippen molar-refractivity contribution in [3.05, 3.63) is 65.2 Å². The van der Waals surface area contributed by atoms with Gasteiger partial charge in [-0.15, -0.1) is 0 Å². The number of amides is 3. The Hall–Kier alpha value is -2.53. The molecule has 2 N–H and O–H groups in total. The summed E-state index contributed by atoms with van der Waals surface area (Å²) < 4.78 is 0. The lowest BCUT2D eigenvalue weighted by molar-refractivity contribution is -0.126. The van der Waals surface area contributed by atoms with E-state index in [4.69, 9.17) is 11.6 Å². The molecule has 3 rings (SSSR count). The summed E-state index contributed by atoms with van der Waals surface area (Å²) in [5.74, 6) is 0.0327. The highest BCUT2D eigenvalue weighted by molar-refractivity contribution is 6.30. The average Bonchev–Trinajstić information content (AvgIpc) is 2.69. The molecule has 1 aliphatic heterocycles. The minimum Gasteiger partial charge on any atom is -0.356 e. The maximum Gasteiger partial charge on any atom is 0.321 e. The highest BCUT2D eigenvalue weighted by Gasteiger charge is 2.27. The third-order valence-corrected chi connectivity index (χ3v) is 5.02. The number of rotatable bonds is 5. The fraction of sp³-hybridized carbons (Fsp3) is 0.333. The van der Waals surface area contributed by atoms with Gasteiger partial charge in [-0.25, -0.2) is 4.79 Å². The molecule has 142 valence electrons. The third-order valence-electron chi connectivity index (χ3n) is 4.78. The third kappa shape index (κ3) is 5.73. The van der Waals surface area contributed by atoms with E-state index in [0.29, 0.717) is 37.5 Å². The number of para-hydroxylation sites is 1. The normalized spacial score (nSPS) is 14.6. The van der Waals surface area contributed by atoms with E-state index in [1.54, 1.807) is 4.90 Å². The quantitative estimate of drug-likeness (QED) is 0.818. The van der Waals surface area contributed by atoms with Crippen LogP contribution in [-0.2, 0) is 11.2 Å². The Balaban J connectivity index is 1.39. The van der Waals surface area contributed by atoms with Gasteiger partial charge in [-0.05, 0) is 49.1 Å². The van der Waals surface area contributed by atoms with Gasteiger partial charge in [-0.3, -0.25) is 4.79 Å². The number of piperidine rings is 1. The number of hydrogen-bond acceptors (Lipinski definition) is 2. The van der Waals surface area contributed by atoms with Gasteiger partial charge in [-0.1, -0.05) is 41.9 Å². The van der Waals surface area contributed by atoms with Crippen molar-refractivity contribution >= 4 is 29.2 Å². The fourth-order valence-electron chi connectivity index (χ4n) is 3.24. The van der Waals surface area contributed by atoms with E-state index in [1.807, 2.05) is 54.6 Å². The molecule has 5 nitrogen and oxygen atoms in total. The van der Waals surface area contributed by atoms with Gasteiger partial charge in [0.05, 0.1) is 0 Å². The number of likely N-dealkylation sites (tertiary alicyclic amines) is 1. The number of nitrogens with one attached hydrogen (secondary N) is 2. The number of hydrogen-bond donors (Lipinski definition) is 2. The summed E-state index contributed by atoms with van der Waals surface area (Å²) in [5, 5.41) is 6.60. The Morgan fingerprint density at radius 1 is 1.04 bits per heavy atom. The molecule has 6 heteroatoms. The second-order valence-corrected chi connectivity index (χ2v) is 7.16. The lowest BCUT2D eigenvalue weighted by atomic mass is 9.96. The van der Waals surface area contributed by atoms with Crippen LogP contribution in [0.3, 0.4) is 0 Å². The summed E-state index contributed by atoms with van der Waals surface area (Å²) in [6.07, 6.45) is 2.13. The van der Waals surface area contributed by atoms with Crippen LogP contribution in [0.2, 0.25) is 5.02 Å². The Morgan fingerprint density at radius 3 is 2.48 bits per heavy atom. The lowest BCUT2D eigenvalue weighted by Gasteiger charge is -2.31. The van der Waals surface area contributed by atoms with Crippen LogP contribution in [0.15, 0.2) is 54.6 Å². The molecule has 0 saturated carbocycles. The highest BCUT2D eigenvalue weighted by atomic mass is 35.5. The van der Waals surface area contributed by atoms with Crippen LogP contribution in [-0.4, -0.2) is 36.5 Å². The minimum absolute atomic E-state index is 0.0369. The van der Waals surface area contributed by atoms with Crippen molar-refractivity contribution in [1.29, 1.82) is 0 Å². The van der Waals surface area contributed by atoms with Crippen LogP contribution >= 0.6 is 11.6 Å². The molecule has 0 aromatic heterocycles. The molecule has 0 spiro atoms. The van der Waals surface area contributed by atoms with Crippen molar-refractivity contribution in [3.8, 4) is 0 Å². The standard InChI is InChI=1S/C21H24ClN3O2/c22-18-6-4-5-16(15-18)9-12-23-20(26)17-10-13-25(14-11-17)21(27)24-19-7-2-1-3-8-19/h1-8,15,17H,9-14H2,(H,23,26)(H,24,27). The predicted octanol–water partition coefficient (Wildman–Crippen LogP) is 3.94. The van der Waals surface area contributed by atoms with Gasteiger partial charge in [0.15, 0.2) is 0 Å². The van der Waals surface area contributed by atoms with Gasteiger partial charge in [0.1, 0.15) is 0 Å². The molecule has 1 saturated heterocycles. The van der Waals surface area contributed by atoms with Crippen molar-refractivity contribution in [3.63, 3.8) is 0 Å². The Morgan fingerprint density at radius 2 is 1.78 bits per heavy atom. The number of anilines is 1. The maximum atomic E-state index is 12.4. The van der Waals surface area contributed by atoms with E-state index >= 15 is 0 Å². The van der Waals surface area contributed by atoms with E-state index in [-0.39, 0.29) is 17.9 Å². The van der Waals surface area contributed by atoms with Crippen LogP contribution in [0, 0.1) is 5.92 Å². The molecule has 2 aromatic carbocycles. The van der Waals surface area contributed by atoms with Crippen molar-refractivity contribution in [1.82, 2.24) is 10.2 Å². The first-order chi connectivity index (χ1) is 13.1. The zero-order valence-corrected chi connectivity index (χ0v) is 15.9.